The van der Waals surface area contributed by atoms with Crippen LogP contribution in [0, 0.1) is 23.7 Å². The molecule has 40 heavy (non-hydrogen) atoms. The summed E-state index contributed by atoms with van der Waals surface area (Å²) in [5.41, 5.74) is 2.88. The van der Waals surface area contributed by atoms with Crippen molar-refractivity contribution >= 4 is 5.78 Å². The predicted octanol–water partition coefficient (Wildman–Crippen LogP) is 9.81. The second-order valence-electron chi connectivity index (χ2n) is 12.5. The molecule has 0 heterocycles. The first-order chi connectivity index (χ1) is 19.5. The van der Waals surface area contributed by atoms with Gasteiger partial charge < -0.3 is 9.84 Å². The Balaban J connectivity index is 1.15. The van der Waals surface area contributed by atoms with Crippen molar-refractivity contribution in [1.29, 1.82) is 0 Å². The Labute approximate surface area is 241 Å². The van der Waals surface area contributed by atoms with E-state index in [1.165, 1.54) is 81.8 Å². The Hall–Kier alpha value is -2.36. The molecule has 0 unspecified atom stereocenters. The molecule has 0 aliphatic heterocycles. The maximum absolute atomic E-state index is 13.4. The SMILES string of the molecule is CCCC1CCC(C2CCC(CCc3ccc(CCCC(=O)c4ccc(OCC)c(CF)c4O)cc3)CC2)CC1. The Morgan fingerprint density at radius 2 is 1.40 bits per heavy atom. The highest BCUT2D eigenvalue weighted by atomic mass is 19.1. The molecule has 0 spiro atoms. The number of Topliss-reactive ketones (excluding diaryl/α,β-unsaturated/α-hetero) is 1. The molecule has 220 valence electrons. The summed E-state index contributed by atoms with van der Waals surface area (Å²) < 4.78 is 18.8. The van der Waals surface area contributed by atoms with Crippen LogP contribution in [0.3, 0.4) is 0 Å². The number of ketones is 1. The minimum Gasteiger partial charge on any atom is -0.507 e. The molecule has 3 nitrogen and oxygen atoms in total. The van der Waals surface area contributed by atoms with Crippen LogP contribution in [0.4, 0.5) is 4.39 Å². The van der Waals surface area contributed by atoms with Gasteiger partial charge >= 0.3 is 0 Å². The van der Waals surface area contributed by atoms with Crippen LogP contribution in [0.1, 0.15) is 124 Å². The van der Waals surface area contributed by atoms with E-state index in [0.29, 0.717) is 25.2 Å². The first kappa shape index (κ1) is 30.6. The third-order valence-corrected chi connectivity index (χ3v) is 9.85. The molecule has 0 aromatic heterocycles. The Morgan fingerprint density at radius 3 is 1.95 bits per heavy atom. The third kappa shape index (κ3) is 8.33. The van der Waals surface area contributed by atoms with Crippen molar-refractivity contribution < 1.29 is 19.0 Å². The van der Waals surface area contributed by atoms with Crippen molar-refractivity contribution in [3.8, 4) is 11.5 Å². The van der Waals surface area contributed by atoms with Crippen LogP contribution in [0.2, 0.25) is 0 Å². The number of carbonyl (C=O) groups excluding carboxylic acids is 1. The van der Waals surface area contributed by atoms with Gasteiger partial charge in [-0.1, -0.05) is 69.7 Å². The predicted molar refractivity (Wildman–Crippen MR) is 162 cm³/mol. The van der Waals surface area contributed by atoms with Crippen LogP contribution in [0.25, 0.3) is 0 Å². The molecular formula is C36H51FO3. The van der Waals surface area contributed by atoms with E-state index in [2.05, 4.69) is 31.2 Å². The highest BCUT2D eigenvalue weighted by Crippen LogP contribution is 2.43. The second kappa shape index (κ2) is 15.6. The van der Waals surface area contributed by atoms with Crippen LogP contribution in [0.5, 0.6) is 11.5 Å². The molecule has 4 rings (SSSR count). The molecule has 2 aromatic carbocycles. The van der Waals surface area contributed by atoms with Gasteiger partial charge in [-0.05, 0) is 105 Å². The van der Waals surface area contributed by atoms with Gasteiger partial charge in [0.2, 0.25) is 0 Å². The minimum absolute atomic E-state index is 0.0565. The zero-order valence-electron chi connectivity index (χ0n) is 24.9. The minimum atomic E-state index is -0.865. The number of phenolic OH excluding ortho intramolecular Hbond substituents is 1. The van der Waals surface area contributed by atoms with Crippen molar-refractivity contribution in [1.82, 2.24) is 0 Å². The highest BCUT2D eigenvalue weighted by Gasteiger charge is 2.30. The standard InChI is InChI=1S/C36H51FO3/c1-3-6-26-15-19-30(20-16-26)31-21-17-29(18-22-31)14-13-28-11-9-27(10-12-28)7-5-8-34(38)32-23-24-35(40-4-2)33(25-37)36(32)39/h9-12,23-24,26,29-31,39H,3-8,13-22,25H2,1-2H3. The molecule has 1 N–H and O–H groups in total. The lowest BCUT2D eigenvalue weighted by Gasteiger charge is -2.38. The van der Waals surface area contributed by atoms with E-state index in [-0.39, 0.29) is 22.7 Å². The number of carbonyl (C=O) groups is 1. The van der Waals surface area contributed by atoms with Crippen molar-refractivity contribution in [3.05, 3.63) is 58.7 Å². The fraction of sp³-hybridized carbons (Fsp3) is 0.639. The fourth-order valence-electron chi connectivity index (χ4n) is 7.40. The summed E-state index contributed by atoms with van der Waals surface area (Å²) >= 11 is 0. The number of hydrogen-bond acceptors (Lipinski definition) is 3. The molecular weight excluding hydrogens is 499 g/mol. The van der Waals surface area contributed by atoms with E-state index in [1.54, 1.807) is 19.1 Å². The van der Waals surface area contributed by atoms with E-state index in [1.807, 2.05) is 0 Å². The summed E-state index contributed by atoms with van der Waals surface area (Å²) in [4.78, 5) is 12.7. The number of aromatic hydroxyl groups is 1. The van der Waals surface area contributed by atoms with Crippen molar-refractivity contribution in [2.45, 2.75) is 117 Å². The molecule has 4 heteroatoms. The Bertz CT molecular complexity index is 1050. The van der Waals surface area contributed by atoms with Crippen molar-refractivity contribution in [2.75, 3.05) is 6.61 Å². The number of benzene rings is 2. The number of aryl methyl sites for hydroxylation is 2. The first-order valence-electron chi connectivity index (χ1n) is 16.2. The fourth-order valence-corrected chi connectivity index (χ4v) is 7.40. The maximum atomic E-state index is 13.4. The zero-order chi connectivity index (χ0) is 28.3. The average Bonchev–Trinajstić information content (AvgIpc) is 2.98. The normalized spacial score (nSPS) is 23.2. The van der Waals surface area contributed by atoms with Gasteiger partial charge in [0.1, 0.15) is 18.2 Å². The molecule has 2 aliphatic carbocycles. The number of hydrogen-bond donors (Lipinski definition) is 1. The van der Waals surface area contributed by atoms with E-state index in [4.69, 9.17) is 4.74 Å². The number of halogens is 1. The van der Waals surface area contributed by atoms with Crippen molar-refractivity contribution in [2.24, 2.45) is 23.7 Å². The average molecular weight is 551 g/mol. The maximum Gasteiger partial charge on any atom is 0.166 e. The van der Waals surface area contributed by atoms with E-state index < -0.39 is 6.67 Å². The van der Waals surface area contributed by atoms with Crippen LogP contribution < -0.4 is 4.74 Å². The van der Waals surface area contributed by atoms with Gasteiger partial charge in [-0.25, -0.2) is 4.39 Å². The Morgan fingerprint density at radius 1 is 0.825 bits per heavy atom. The number of ether oxygens (including phenoxy) is 1. The molecule has 0 bridgehead atoms. The van der Waals surface area contributed by atoms with Gasteiger partial charge in [0, 0.05) is 6.42 Å². The first-order valence-corrected chi connectivity index (χ1v) is 16.2. The topological polar surface area (TPSA) is 46.5 Å². The largest absolute Gasteiger partial charge is 0.507 e. The summed E-state index contributed by atoms with van der Waals surface area (Å²) in [5.74, 6) is 3.76. The van der Waals surface area contributed by atoms with E-state index in [0.717, 1.165) is 36.5 Å². The molecule has 2 aliphatic rings. The second-order valence-corrected chi connectivity index (χ2v) is 12.5. The summed E-state index contributed by atoms with van der Waals surface area (Å²) in [6.45, 7) is 3.64. The molecule has 2 fully saturated rings. The van der Waals surface area contributed by atoms with E-state index >= 15 is 0 Å². The Kier molecular flexibility index (Phi) is 11.9. The number of rotatable bonds is 14. The molecule has 0 atom stereocenters. The van der Waals surface area contributed by atoms with Gasteiger partial charge in [0.05, 0.1) is 17.7 Å². The van der Waals surface area contributed by atoms with E-state index in [9.17, 15) is 14.3 Å². The van der Waals surface area contributed by atoms with Gasteiger partial charge in [-0.3, -0.25) is 4.79 Å². The number of alkyl halides is 1. The quantitative estimate of drug-likeness (QED) is 0.238. The highest BCUT2D eigenvalue weighted by molar-refractivity contribution is 5.99. The molecule has 2 saturated carbocycles. The summed E-state index contributed by atoms with van der Waals surface area (Å²) in [6.07, 6.45) is 18.8. The summed E-state index contributed by atoms with van der Waals surface area (Å²) in [7, 11) is 0. The summed E-state index contributed by atoms with van der Waals surface area (Å²) in [6, 6.07) is 12.0. The smallest absolute Gasteiger partial charge is 0.166 e. The summed E-state index contributed by atoms with van der Waals surface area (Å²) in [5, 5.41) is 10.4. The van der Waals surface area contributed by atoms with Gasteiger partial charge in [-0.2, -0.15) is 0 Å². The lowest BCUT2D eigenvalue weighted by molar-refractivity contribution is 0.0977. The molecule has 2 aromatic rings. The lowest BCUT2D eigenvalue weighted by Crippen LogP contribution is -2.26. The van der Waals surface area contributed by atoms with Gasteiger partial charge in [-0.15, -0.1) is 0 Å². The van der Waals surface area contributed by atoms with Crippen LogP contribution in [0.15, 0.2) is 36.4 Å². The van der Waals surface area contributed by atoms with Crippen LogP contribution in [-0.4, -0.2) is 17.5 Å². The van der Waals surface area contributed by atoms with Crippen molar-refractivity contribution in [3.63, 3.8) is 0 Å². The zero-order valence-corrected chi connectivity index (χ0v) is 24.9. The molecule has 0 saturated heterocycles. The monoisotopic (exact) mass is 550 g/mol. The van der Waals surface area contributed by atoms with Crippen LogP contribution >= 0.6 is 0 Å². The lowest BCUT2D eigenvalue weighted by atomic mass is 9.68. The number of phenols is 1. The van der Waals surface area contributed by atoms with Gasteiger partial charge in [0.15, 0.2) is 5.78 Å². The van der Waals surface area contributed by atoms with Gasteiger partial charge in [0.25, 0.3) is 0 Å². The third-order valence-electron chi connectivity index (χ3n) is 9.85. The molecule has 0 amide bonds. The van der Waals surface area contributed by atoms with Crippen LogP contribution in [-0.2, 0) is 19.5 Å². The molecule has 0 radical (unpaired) electrons.